The van der Waals surface area contributed by atoms with E-state index >= 15 is 0 Å². The number of fused-ring (bicyclic) bond motifs is 1. The van der Waals surface area contributed by atoms with Crippen molar-refractivity contribution in [3.8, 4) is 11.5 Å². The van der Waals surface area contributed by atoms with Crippen LogP contribution in [0.3, 0.4) is 0 Å². The van der Waals surface area contributed by atoms with Gasteiger partial charge in [-0.25, -0.2) is 0 Å². The van der Waals surface area contributed by atoms with Crippen molar-refractivity contribution in [1.82, 2.24) is 10.2 Å². The summed E-state index contributed by atoms with van der Waals surface area (Å²) < 4.78 is 10.9. The van der Waals surface area contributed by atoms with E-state index in [2.05, 4.69) is 5.32 Å². The van der Waals surface area contributed by atoms with E-state index in [1.165, 1.54) is 0 Å². The van der Waals surface area contributed by atoms with Crippen molar-refractivity contribution in [3.05, 3.63) is 94.5 Å². The van der Waals surface area contributed by atoms with Gasteiger partial charge in [-0.1, -0.05) is 60.1 Å². The minimum Gasteiger partial charge on any atom is -0.454 e. The lowest BCUT2D eigenvalue weighted by Crippen LogP contribution is -2.51. The lowest BCUT2D eigenvalue weighted by Gasteiger charge is -2.32. The summed E-state index contributed by atoms with van der Waals surface area (Å²) in [7, 11) is 0. The van der Waals surface area contributed by atoms with Crippen molar-refractivity contribution in [1.29, 1.82) is 0 Å². The third kappa shape index (κ3) is 6.79. The minimum absolute atomic E-state index is 0.0486. The monoisotopic (exact) mass is 506 g/mol. The number of rotatable bonds is 10. The first-order valence-electron chi connectivity index (χ1n) is 12.2. The third-order valence-corrected chi connectivity index (χ3v) is 6.24. The molecule has 1 heterocycles. The molecule has 4 rings (SSSR count). The third-order valence-electron chi connectivity index (χ3n) is 6.01. The zero-order chi connectivity index (χ0) is 25.5. The lowest BCUT2D eigenvalue weighted by atomic mass is 10.0. The van der Waals surface area contributed by atoms with Crippen LogP contribution in [0, 0.1) is 0 Å². The molecule has 1 unspecified atom stereocenters. The normalized spacial score (nSPS) is 12.9. The van der Waals surface area contributed by atoms with Gasteiger partial charge >= 0.3 is 0 Å². The minimum atomic E-state index is -0.668. The first-order chi connectivity index (χ1) is 17.4. The fraction of sp³-hybridized carbons (Fsp3) is 0.310. The van der Waals surface area contributed by atoms with E-state index in [-0.39, 0.29) is 37.6 Å². The molecule has 0 radical (unpaired) electrons. The van der Waals surface area contributed by atoms with Crippen molar-refractivity contribution in [2.75, 3.05) is 6.79 Å². The molecule has 0 aliphatic carbocycles. The Morgan fingerprint density at radius 3 is 2.42 bits per heavy atom. The predicted molar refractivity (Wildman–Crippen MR) is 140 cm³/mol. The molecular weight excluding hydrogens is 476 g/mol. The number of nitrogens with one attached hydrogen (secondary N) is 1. The molecule has 1 aliphatic rings. The number of nitrogens with zero attached hydrogens (tertiary/aromatic N) is 1. The Morgan fingerprint density at radius 2 is 1.67 bits per heavy atom. The number of hydrogen-bond donors (Lipinski definition) is 1. The van der Waals surface area contributed by atoms with Gasteiger partial charge in [-0.3, -0.25) is 9.59 Å². The Hall–Kier alpha value is -3.51. The van der Waals surface area contributed by atoms with E-state index in [1.54, 1.807) is 11.0 Å². The highest BCUT2D eigenvalue weighted by Crippen LogP contribution is 2.33. The van der Waals surface area contributed by atoms with Gasteiger partial charge in [0.05, 0.1) is 0 Å². The first-order valence-corrected chi connectivity index (χ1v) is 12.5. The summed E-state index contributed by atoms with van der Waals surface area (Å²) >= 11 is 6.23. The summed E-state index contributed by atoms with van der Waals surface area (Å²) in [6.45, 7) is 4.32. The molecule has 36 heavy (non-hydrogen) atoms. The van der Waals surface area contributed by atoms with E-state index in [9.17, 15) is 9.59 Å². The summed E-state index contributed by atoms with van der Waals surface area (Å²) in [5.41, 5.74) is 2.83. The fourth-order valence-corrected chi connectivity index (χ4v) is 4.47. The molecule has 6 nitrogen and oxygen atoms in total. The van der Waals surface area contributed by atoms with Gasteiger partial charge < -0.3 is 19.7 Å². The summed E-state index contributed by atoms with van der Waals surface area (Å²) in [6, 6.07) is 22.2. The molecule has 188 valence electrons. The quantitative estimate of drug-likeness (QED) is 0.412. The maximum atomic E-state index is 13.7. The van der Waals surface area contributed by atoms with Crippen LogP contribution in [-0.2, 0) is 29.0 Å². The molecule has 1 atom stereocenters. The number of hydrogen-bond acceptors (Lipinski definition) is 4. The topological polar surface area (TPSA) is 67.9 Å². The molecule has 1 aliphatic heterocycles. The highest BCUT2D eigenvalue weighted by atomic mass is 35.5. The fourth-order valence-electron chi connectivity index (χ4n) is 4.26. The second-order valence-electron chi connectivity index (χ2n) is 9.21. The van der Waals surface area contributed by atoms with Crippen LogP contribution >= 0.6 is 11.6 Å². The highest BCUT2D eigenvalue weighted by Gasteiger charge is 2.30. The molecule has 0 aromatic heterocycles. The Kier molecular flexibility index (Phi) is 8.49. The number of ether oxygens (including phenoxy) is 2. The second kappa shape index (κ2) is 12.0. The molecule has 3 aromatic rings. The zero-order valence-corrected chi connectivity index (χ0v) is 21.3. The van der Waals surface area contributed by atoms with Crippen LogP contribution in [-0.4, -0.2) is 35.6 Å². The van der Waals surface area contributed by atoms with Crippen LogP contribution in [0.5, 0.6) is 11.5 Å². The number of aryl methyl sites for hydroxylation is 1. The summed E-state index contributed by atoms with van der Waals surface area (Å²) in [4.78, 5) is 28.8. The largest absolute Gasteiger partial charge is 0.454 e. The van der Waals surface area contributed by atoms with Gasteiger partial charge in [0.15, 0.2) is 11.5 Å². The van der Waals surface area contributed by atoms with Crippen molar-refractivity contribution in [2.24, 2.45) is 0 Å². The van der Waals surface area contributed by atoms with Gasteiger partial charge in [-0.05, 0) is 61.2 Å². The molecule has 7 heteroatoms. The van der Waals surface area contributed by atoms with E-state index in [0.717, 1.165) is 16.7 Å². The maximum Gasteiger partial charge on any atom is 0.243 e. The van der Waals surface area contributed by atoms with Crippen molar-refractivity contribution in [2.45, 2.75) is 51.7 Å². The van der Waals surface area contributed by atoms with E-state index in [0.29, 0.717) is 29.4 Å². The molecule has 0 spiro atoms. The van der Waals surface area contributed by atoms with Gasteiger partial charge in [0.2, 0.25) is 18.6 Å². The molecule has 0 bridgehead atoms. The van der Waals surface area contributed by atoms with Gasteiger partial charge in [-0.2, -0.15) is 0 Å². The van der Waals surface area contributed by atoms with Crippen LogP contribution in [0.1, 0.15) is 37.0 Å². The standard InChI is InChI=1S/C29H31ClN2O4/c1-20(2)31-29(34)25(16-21-7-4-3-5-8-21)32(18-23-9-6-10-24(30)15-23)28(33)14-12-22-11-13-26-27(17-22)36-19-35-26/h3-11,13,15,17,20,25H,12,14,16,18-19H2,1-2H3,(H,31,34). The Balaban J connectivity index is 1.59. The smallest absolute Gasteiger partial charge is 0.243 e. The number of amides is 2. The van der Waals surface area contributed by atoms with Crippen molar-refractivity contribution in [3.63, 3.8) is 0 Å². The Bertz CT molecular complexity index is 1200. The van der Waals surface area contributed by atoms with E-state index in [4.69, 9.17) is 21.1 Å². The Morgan fingerprint density at radius 1 is 0.917 bits per heavy atom. The first kappa shape index (κ1) is 25.6. The van der Waals surface area contributed by atoms with E-state index in [1.807, 2.05) is 80.6 Å². The van der Waals surface area contributed by atoms with Gasteiger partial charge in [0.25, 0.3) is 0 Å². The number of carbonyl (C=O) groups excluding carboxylic acids is 2. The molecule has 0 fully saturated rings. The second-order valence-corrected chi connectivity index (χ2v) is 9.64. The Labute approximate surface area is 217 Å². The van der Waals surface area contributed by atoms with Crippen LogP contribution in [0.25, 0.3) is 0 Å². The lowest BCUT2D eigenvalue weighted by molar-refractivity contribution is -0.141. The van der Waals surface area contributed by atoms with Crippen LogP contribution in [0.2, 0.25) is 5.02 Å². The van der Waals surface area contributed by atoms with Gasteiger partial charge in [0, 0.05) is 30.5 Å². The van der Waals surface area contributed by atoms with Crippen molar-refractivity contribution >= 4 is 23.4 Å². The van der Waals surface area contributed by atoms with Gasteiger partial charge in [0.1, 0.15) is 6.04 Å². The van der Waals surface area contributed by atoms with Crippen molar-refractivity contribution < 1.29 is 19.1 Å². The molecular formula is C29H31ClN2O4. The highest BCUT2D eigenvalue weighted by molar-refractivity contribution is 6.30. The number of benzene rings is 3. The van der Waals surface area contributed by atoms with Crippen LogP contribution in [0.4, 0.5) is 0 Å². The SMILES string of the molecule is CC(C)NC(=O)C(Cc1ccccc1)N(Cc1cccc(Cl)c1)C(=O)CCc1ccc2c(c1)OCO2. The summed E-state index contributed by atoms with van der Waals surface area (Å²) in [6.07, 6.45) is 1.18. The van der Waals surface area contributed by atoms with E-state index < -0.39 is 6.04 Å². The van der Waals surface area contributed by atoms with Crippen LogP contribution in [0.15, 0.2) is 72.8 Å². The van der Waals surface area contributed by atoms with Crippen LogP contribution < -0.4 is 14.8 Å². The molecule has 0 saturated heterocycles. The molecule has 3 aromatic carbocycles. The summed E-state index contributed by atoms with van der Waals surface area (Å²) in [5.74, 6) is 1.12. The number of carbonyl (C=O) groups is 2. The number of halogens is 1. The average Bonchev–Trinajstić information content (AvgIpc) is 3.33. The predicted octanol–water partition coefficient (Wildman–Crippen LogP) is 5.17. The molecule has 2 amide bonds. The molecule has 1 N–H and O–H groups in total. The van der Waals surface area contributed by atoms with Gasteiger partial charge in [-0.15, -0.1) is 0 Å². The maximum absolute atomic E-state index is 13.7. The summed E-state index contributed by atoms with van der Waals surface area (Å²) in [5, 5.41) is 3.60. The molecule has 0 saturated carbocycles. The zero-order valence-electron chi connectivity index (χ0n) is 20.6. The average molecular weight is 507 g/mol.